The van der Waals surface area contributed by atoms with Crippen molar-refractivity contribution < 1.29 is 0 Å². The number of hydrogen-bond acceptors (Lipinski definition) is 4. The van der Waals surface area contributed by atoms with Gasteiger partial charge in [0.05, 0.1) is 30.7 Å². The van der Waals surface area contributed by atoms with E-state index in [-0.39, 0.29) is 0 Å². The SMILES string of the molecule is CCCNCc1ncc(-c2ccc(C#Cc3ccc4c(c3)CCc3[nH]c(CNCCC)nc3-4)cc2)[nH]1. The van der Waals surface area contributed by atoms with E-state index in [0.29, 0.717) is 0 Å². The molecule has 1 aliphatic carbocycles. The van der Waals surface area contributed by atoms with Crippen LogP contribution in [0.4, 0.5) is 0 Å². The fourth-order valence-corrected chi connectivity index (χ4v) is 4.56. The highest BCUT2D eigenvalue weighted by Crippen LogP contribution is 2.32. The van der Waals surface area contributed by atoms with Crippen molar-refractivity contribution in [2.75, 3.05) is 13.1 Å². The lowest BCUT2D eigenvalue weighted by atomic mass is 9.91. The van der Waals surface area contributed by atoms with Gasteiger partial charge < -0.3 is 20.6 Å². The molecular formula is C30H34N6. The molecule has 0 atom stereocenters. The lowest BCUT2D eigenvalue weighted by Crippen LogP contribution is -2.14. The number of benzene rings is 2. The van der Waals surface area contributed by atoms with Gasteiger partial charge in [0, 0.05) is 22.4 Å². The minimum Gasteiger partial charge on any atom is -0.344 e. The monoisotopic (exact) mass is 478 g/mol. The van der Waals surface area contributed by atoms with Crippen molar-refractivity contribution in [3.05, 3.63) is 82.7 Å². The molecule has 0 radical (unpaired) electrons. The van der Waals surface area contributed by atoms with Gasteiger partial charge in [0.2, 0.25) is 0 Å². The fraction of sp³-hybridized carbons (Fsp3) is 0.333. The van der Waals surface area contributed by atoms with Crippen LogP contribution < -0.4 is 10.6 Å². The van der Waals surface area contributed by atoms with Crippen molar-refractivity contribution in [3.8, 4) is 34.4 Å². The van der Waals surface area contributed by atoms with Crippen molar-refractivity contribution >= 4 is 0 Å². The number of imidazole rings is 2. The third-order valence-corrected chi connectivity index (χ3v) is 6.45. The maximum absolute atomic E-state index is 4.88. The van der Waals surface area contributed by atoms with E-state index in [1.54, 1.807) is 0 Å². The topological polar surface area (TPSA) is 81.4 Å². The number of fused-ring (bicyclic) bond motifs is 3. The Morgan fingerprint density at radius 3 is 2.33 bits per heavy atom. The number of nitrogens with one attached hydrogen (secondary N) is 4. The maximum Gasteiger partial charge on any atom is 0.121 e. The molecule has 0 bridgehead atoms. The van der Waals surface area contributed by atoms with E-state index >= 15 is 0 Å². The van der Waals surface area contributed by atoms with Crippen molar-refractivity contribution in [2.45, 2.75) is 52.6 Å². The van der Waals surface area contributed by atoms with E-state index in [2.05, 4.69) is 93.7 Å². The largest absolute Gasteiger partial charge is 0.344 e. The number of aromatic nitrogens is 4. The molecular weight excluding hydrogens is 444 g/mol. The summed E-state index contributed by atoms with van der Waals surface area (Å²) >= 11 is 0. The summed E-state index contributed by atoms with van der Waals surface area (Å²) in [7, 11) is 0. The summed E-state index contributed by atoms with van der Waals surface area (Å²) < 4.78 is 0. The van der Waals surface area contributed by atoms with Crippen LogP contribution in [0.5, 0.6) is 0 Å². The number of H-pyrrole nitrogens is 2. The standard InChI is InChI=1S/C30H34N6/c1-3-15-31-19-28-33-18-27(35-28)23-10-7-21(8-11-23)5-6-22-9-13-25-24(17-22)12-14-26-30(25)36-29(34-26)20-32-16-4-2/h7-11,13,17-18,31-32H,3-4,12,14-16,19-20H2,1-2H3,(H,33,35)(H,34,36). The van der Waals surface area contributed by atoms with E-state index in [0.717, 1.165) is 91.6 Å². The molecule has 2 aromatic heterocycles. The van der Waals surface area contributed by atoms with E-state index < -0.39 is 0 Å². The van der Waals surface area contributed by atoms with E-state index in [1.165, 1.54) is 16.8 Å². The molecule has 2 aromatic carbocycles. The Morgan fingerprint density at radius 1 is 0.833 bits per heavy atom. The highest BCUT2D eigenvalue weighted by Gasteiger charge is 2.20. The highest BCUT2D eigenvalue weighted by atomic mass is 15.0. The average molecular weight is 479 g/mol. The van der Waals surface area contributed by atoms with Gasteiger partial charge in [0.15, 0.2) is 0 Å². The van der Waals surface area contributed by atoms with Crippen LogP contribution in [0, 0.1) is 11.8 Å². The smallest absolute Gasteiger partial charge is 0.121 e. The molecule has 0 amide bonds. The zero-order valence-corrected chi connectivity index (χ0v) is 21.2. The molecule has 0 unspecified atom stereocenters. The van der Waals surface area contributed by atoms with Crippen molar-refractivity contribution in [1.82, 2.24) is 30.6 Å². The van der Waals surface area contributed by atoms with Crippen molar-refractivity contribution in [1.29, 1.82) is 0 Å². The Labute approximate surface area is 213 Å². The van der Waals surface area contributed by atoms with Gasteiger partial charge in [-0.05, 0) is 74.2 Å². The van der Waals surface area contributed by atoms with Gasteiger partial charge in [-0.25, -0.2) is 9.97 Å². The first-order valence-electron chi connectivity index (χ1n) is 13.0. The molecule has 0 fully saturated rings. The van der Waals surface area contributed by atoms with Crippen LogP contribution in [0.25, 0.3) is 22.5 Å². The summed E-state index contributed by atoms with van der Waals surface area (Å²) in [5.41, 5.74) is 9.08. The quantitative estimate of drug-likeness (QED) is 0.202. The molecule has 1 aliphatic rings. The first-order valence-corrected chi connectivity index (χ1v) is 13.0. The van der Waals surface area contributed by atoms with Crippen LogP contribution in [0.3, 0.4) is 0 Å². The van der Waals surface area contributed by atoms with Crippen LogP contribution in [0.1, 0.15) is 60.7 Å². The van der Waals surface area contributed by atoms with Crippen LogP contribution in [0.2, 0.25) is 0 Å². The van der Waals surface area contributed by atoms with Gasteiger partial charge in [-0.3, -0.25) is 0 Å². The average Bonchev–Trinajstić information content (AvgIpc) is 3.55. The minimum atomic E-state index is 0.761. The van der Waals surface area contributed by atoms with E-state index in [9.17, 15) is 0 Å². The fourth-order valence-electron chi connectivity index (χ4n) is 4.56. The molecule has 2 heterocycles. The lowest BCUT2D eigenvalue weighted by Gasteiger charge is -2.15. The van der Waals surface area contributed by atoms with Crippen LogP contribution in [0.15, 0.2) is 48.7 Å². The molecule has 4 aromatic rings. The number of rotatable bonds is 9. The number of hydrogen-bond donors (Lipinski definition) is 4. The minimum absolute atomic E-state index is 0.761. The lowest BCUT2D eigenvalue weighted by molar-refractivity contribution is 0.654. The third-order valence-electron chi connectivity index (χ3n) is 6.45. The second kappa shape index (κ2) is 11.4. The van der Waals surface area contributed by atoms with Crippen LogP contribution >= 0.6 is 0 Å². The molecule has 0 saturated heterocycles. The Balaban J connectivity index is 1.26. The number of aromatic amines is 2. The van der Waals surface area contributed by atoms with Crippen LogP contribution in [-0.4, -0.2) is 33.0 Å². The molecule has 0 aliphatic heterocycles. The maximum atomic E-state index is 4.88. The molecule has 5 rings (SSSR count). The number of nitrogens with zero attached hydrogens (tertiary/aromatic N) is 2. The predicted octanol–water partition coefficient (Wildman–Crippen LogP) is 4.96. The molecule has 0 saturated carbocycles. The van der Waals surface area contributed by atoms with Gasteiger partial charge >= 0.3 is 0 Å². The van der Waals surface area contributed by atoms with Crippen molar-refractivity contribution in [2.24, 2.45) is 0 Å². The normalized spacial score (nSPS) is 12.1. The molecule has 184 valence electrons. The molecule has 6 nitrogen and oxygen atoms in total. The second-order valence-electron chi connectivity index (χ2n) is 9.31. The van der Waals surface area contributed by atoms with Gasteiger partial charge in [-0.15, -0.1) is 0 Å². The molecule has 36 heavy (non-hydrogen) atoms. The summed E-state index contributed by atoms with van der Waals surface area (Å²) in [6.45, 7) is 7.89. The number of aryl methyl sites for hydroxylation is 2. The first kappa shape index (κ1) is 24.1. The van der Waals surface area contributed by atoms with Gasteiger partial charge in [-0.2, -0.15) is 0 Å². The van der Waals surface area contributed by atoms with Gasteiger partial charge in [0.1, 0.15) is 11.6 Å². The third kappa shape index (κ3) is 5.59. The molecule has 4 N–H and O–H groups in total. The summed E-state index contributed by atoms with van der Waals surface area (Å²) in [4.78, 5) is 16.3. The van der Waals surface area contributed by atoms with E-state index in [1.807, 2.05) is 6.20 Å². The molecule has 0 spiro atoms. The highest BCUT2D eigenvalue weighted by molar-refractivity contribution is 5.70. The Morgan fingerprint density at radius 2 is 1.56 bits per heavy atom. The Kier molecular flexibility index (Phi) is 7.61. The van der Waals surface area contributed by atoms with Crippen LogP contribution in [-0.2, 0) is 25.9 Å². The van der Waals surface area contributed by atoms with Crippen molar-refractivity contribution in [3.63, 3.8) is 0 Å². The van der Waals surface area contributed by atoms with Gasteiger partial charge in [0.25, 0.3) is 0 Å². The van der Waals surface area contributed by atoms with Gasteiger partial charge in [-0.1, -0.05) is 43.9 Å². The van der Waals surface area contributed by atoms with E-state index in [4.69, 9.17) is 4.98 Å². The zero-order valence-electron chi connectivity index (χ0n) is 21.2. The zero-order chi connectivity index (χ0) is 24.7. The Hall–Kier alpha value is -3.66. The summed E-state index contributed by atoms with van der Waals surface area (Å²) in [5, 5.41) is 6.80. The summed E-state index contributed by atoms with van der Waals surface area (Å²) in [5.74, 6) is 8.65. The molecule has 6 heteroatoms. The Bertz CT molecular complexity index is 1370. The predicted molar refractivity (Wildman–Crippen MR) is 145 cm³/mol. The first-order chi connectivity index (χ1) is 17.7. The second-order valence-corrected chi connectivity index (χ2v) is 9.31. The summed E-state index contributed by atoms with van der Waals surface area (Å²) in [6, 6.07) is 14.8. The summed E-state index contributed by atoms with van der Waals surface area (Å²) in [6.07, 6.45) is 6.14.